The quantitative estimate of drug-likeness (QED) is 0.409. The highest BCUT2D eigenvalue weighted by atomic mass is 16.5. The number of ether oxygens (including phenoxy) is 2. The van der Waals surface area contributed by atoms with Crippen molar-refractivity contribution in [3.8, 4) is 0 Å². The van der Waals surface area contributed by atoms with Crippen molar-refractivity contribution in [3.63, 3.8) is 0 Å². The van der Waals surface area contributed by atoms with Crippen LogP contribution in [0.4, 0.5) is 11.5 Å². The van der Waals surface area contributed by atoms with Crippen LogP contribution < -0.4 is 10.6 Å². The molecule has 2 amide bonds. The van der Waals surface area contributed by atoms with Crippen molar-refractivity contribution >= 4 is 35.3 Å². The molecule has 0 atom stereocenters. The smallest absolute Gasteiger partial charge is 0.338 e. The van der Waals surface area contributed by atoms with E-state index in [4.69, 9.17) is 14.0 Å². The third-order valence-electron chi connectivity index (χ3n) is 3.95. The van der Waals surface area contributed by atoms with E-state index in [-0.39, 0.29) is 18.7 Å². The maximum absolute atomic E-state index is 12.0. The second-order valence-corrected chi connectivity index (χ2v) is 6.65. The Morgan fingerprint density at radius 1 is 1.00 bits per heavy atom. The SMILES string of the molecule is CCCCOC(=O)c1ccc(NC(=O)CCC(=O)OCC(=O)Nc2cc(C)on2)cc1. The Bertz CT molecular complexity index is 906. The molecular formula is C21H25N3O7. The summed E-state index contributed by atoms with van der Waals surface area (Å²) in [5.41, 5.74) is 0.863. The van der Waals surface area contributed by atoms with Crippen LogP contribution in [0.3, 0.4) is 0 Å². The molecule has 0 aliphatic rings. The lowest BCUT2D eigenvalue weighted by atomic mass is 10.2. The Kier molecular flexibility index (Phi) is 9.21. The fourth-order valence-electron chi connectivity index (χ4n) is 2.34. The van der Waals surface area contributed by atoms with Crippen molar-refractivity contribution in [2.24, 2.45) is 0 Å². The molecule has 0 spiro atoms. The lowest BCUT2D eigenvalue weighted by molar-refractivity contribution is -0.147. The van der Waals surface area contributed by atoms with Crippen LogP contribution in [0.25, 0.3) is 0 Å². The predicted octanol–water partition coefficient (Wildman–Crippen LogP) is 2.84. The first-order chi connectivity index (χ1) is 14.9. The van der Waals surface area contributed by atoms with Gasteiger partial charge in [-0.2, -0.15) is 0 Å². The van der Waals surface area contributed by atoms with Crippen molar-refractivity contribution < 1.29 is 33.2 Å². The second kappa shape index (κ2) is 12.1. The molecule has 0 saturated carbocycles. The van der Waals surface area contributed by atoms with E-state index >= 15 is 0 Å². The molecule has 0 aliphatic heterocycles. The molecule has 10 heteroatoms. The highest BCUT2D eigenvalue weighted by Gasteiger charge is 2.13. The number of aryl methyl sites for hydroxylation is 1. The molecule has 0 aliphatic carbocycles. The van der Waals surface area contributed by atoms with Crippen molar-refractivity contribution in [2.75, 3.05) is 23.8 Å². The molecular weight excluding hydrogens is 406 g/mol. The van der Waals surface area contributed by atoms with E-state index in [2.05, 4.69) is 15.8 Å². The van der Waals surface area contributed by atoms with Gasteiger partial charge in [0.25, 0.3) is 5.91 Å². The molecule has 0 radical (unpaired) electrons. The van der Waals surface area contributed by atoms with E-state index in [1.807, 2.05) is 6.92 Å². The highest BCUT2D eigenvalue weighted by molar-refractivity contribution is 5.95. The number of anilines is 2. The minimum absolute atomic E-state index is 0.121. The van der Waals surface area contributed by atoms with Gasteiger partial charge in [0.05, 0.1) is 18.6 Å². The van der Waals surface area contributed by atoms with E-state index in [1.54, 1.807) is 31.2 Å². The minimum atomic E-state index is -0.688. The highest BCUT2D eigenvalue weighted by Crippen LogP contribution is 2.12. The standard InChI is InChI=1S/C21H25N3O7/c1-3-4-11-29-21(28)15-5-7-16(8-6-15)22-18(25)9-10-20(27)30-13-19(26)23-17-12-14(2)31-24-17/h5-8,12H,3-4,9-11,13H2,1-2H3,(H,22,25)(H,23,24,26). The summed E-state index contributed by atoms with van der Waals surface area (Å²) >= 11 is 0. The lowest BCUT2D eigenvalue weighted by Crippen LogP contribution is -2.22. The summed E-state index contributed by atoms with van der Waals surface area (Å²) in [6.07, 6.45) is 1.42. The Balaban J connectivity index is 1.67. The topological polar surface area (TPSA) is 137 Å². The van der Waals surface area contributed by atoms with Crippen LogP contribution in [0.1, 0.15) is 48.7 Å². The number of benzene rings is 1. The third-order valence-corrected chi connectivity index (χ3v) is 3.95. The number of amides is 2. The second-order valence-electron chi connectivity index (χ2n) is 6.65. The number of hydrogen-bond donors (Lipinski definition) is 2. The maximum Gasteiger partial charge on any atom is 0.338 e. The molecule has 0 bridgehead atoms. The number of esters is 2. The van der Waals surface area contributed by atoms with E-state index in [1.165, 1.54) is 6.07 Å². The van der Waals surface area contributed by atoms with Crippen molar-refractivity contribution in [3.05, 3.63) is 41.7 Å². The van der Waals surface area contributed by atoms with Crippen molar-refractivity contribution in [1.29, 1.82) is 0 Å². The molecule has 0 fully saturated rings. The Hall–Kier alpha value is -3.69. The summed E-state index contributed by atoms with van der Waals surface area (Å²) in [6, 6.07) is 7.76. The average Bonchev–Trinajstić information content (AvgIpc) is 3.15. The summed E-state index contributed by atoms with van der Waals surface area (Å²) in [7, 11) is 0. The fraction of sp³-hybridized carbons (Fsp3) is 0.381. The molecule has 2 N–H and O–H groups in total. The zero-order valence-corrected chi connectivity index (χ0v) is 17.4. The molecule has 1 heterocycles. The molecule has 0 unspecified atom stereocenters. The number of carbonyl (C=O) groups excluding carboxylic acids is 4. The van der Waals surface area contributed by atoms with Crippen LogP contribution in [0, 0.1) is 6.92 Å². The van der Waals surface area contributed by atoms with Gasteiger partial charge in [0.1, 0.15) is 5.76 Å². The first kappa shape index (κ1) is 23.6. The number of carbonyl (C=O) groups is 4. The summed E-state index contributed by atoms with van der Waals surface area (Å²) in [5, 5.41) is 8.62. The van der Waals surface area contributed by atoms with Crippen LogP contribution in [0.2, 0.25) is 0 Å². The summed E-state index contributed by atoms with van der Waals surface area (Å²) in [6.45, 7) is 3.54. The van der Waals surface area contributed by atoms with Gasteiger partial charge >= 0.3 is 11.9 Å². The van der Waals surface area contributed by atoms with Crippen LogP contribution in [0.15, 0.2) is 34.9 Å². The molecule has 0 saturated heterocycles. The number of hydrogen-bond acceptors (Lipinski definition) is 8. The maximum atomic E-state index is 12.0. The van der Waals surface area contributed by atoms with Crippen LogP contribution in [0.5, 0.6) is 0 Å². The van der Waals surface area contributed by atoms with Crippen LogP contribution in [-0.2, 0) is 23.9 Å². The first-order valence-corrected chi connectivity index (χ1v) is 9.83. The van der Waals surface area contributed by atoms with Gasteiger partial charge in [0, 0.05) is 18.2 Å². The van der Waals surface area contributed by atoms with Gasteiger partial charge in [0.2, 0.25) is 5.91 Å². The number of aromatic nitrogens is 1. The van der Waals surface area contributed by atoms with Gasteiger partial charge < -0.3 is 24.6 Å². The number of nitrogens with one attached hydrogen (secondary N) is 2. The Morgan fingerprint density at radius 2 is 1.74 bits per heavy atom. The summed E-state index contributed by atoms with van der Waals surface area (Å²) in [5.74, 6) is -1.33. The Labute approximate surface area is 179 Å². The van der Waals surface area contributed by atoms with Crippen LogP contribution >= 0.6 is 0 Å². The predicted molar refractivity (Wildman–Crippen MR) is 110 cm³/mol. The zero-order valence-electron chi connectivity index (χ0n) is 17.4. The third kappa shape index (κ3) is 8.69. The van der Waals surface area contributed by atoms with Crippen LogP contribution in [-0.4, -0.2) is 42.1 Å². The summed E-state index contributed by atoms with van der Waals surface area (Å²) in [4.78, 5) is 47.2. The van der Waals surface area contributed by atoms with E-state index in [0.717, 1.165) is 12.8 Å². The van der Waals surface area contributed by atoms with E-state index in [9.17, 15) is 19.2 Å². The number of rotatable bonds is 11. The van der Waals surface area contributed by atoms with E-state index < -0.39 is 30.4 Å². The van der Waals surface area contributed by atoms with Gasteiger partial charge in [-0.3, -0.25) is 14.4 Å². The molecule has 166 valence electrons. The molecule has 31 heavy (non-hydrogen) atoms. The molecule has 10 nitrogen and oxygen atoms in total. The molecule has 2 aromatic rings. The van der Waals surface area contributed by atoms with Gasteiger partial charge in [-0.25, -0.2) is 4.79 Å². The largest absolute Gasteiger partial charge is 0.462 e. The first-order valence-electron chi connectivity index (χ1n) is 9.83. The normalized spacial score (nSPS) is 10.3. The average molecular weight is 431 g/mol. The Morgan fingerprint density at radius 3 is 2.39 bits per heavy atom. The van der Waals surface area contributed by atoms with Crippen molar-refractivity contribution in [1.82, 2.24) is 5.16 Å². The van der Waals surface area contributed by atoms with Gasteiger partial charge in [0.15, 0.2) is 12.4 Å². The minimum Gasteiger partial charge on any atom is -0.462 e. The number of unbranched alkanes of at least 4 members (excludes halogenated alkanes) is 1. The van der Waals surface area contributed by atoms with Crippen molar-refractivity contribution in [2.45, 2.75) is 39.5 Å². The van der Waals surface area contributed by atoms with Gasteiger partial charge in [-0.15, -0.1) is 0 Å². The van der Waals surface area contributed by atoms with Gasteiger partial charge in [-0.05, 0) is 37.6 Å². The monoisotopic (exact) mass is 431 g/mol. The number of nitrogens with zero attached hydrogens (tertiary/aromatic N) is 1. The fourth-order valence-corrected chi connectivity index (χ4v) is 2.34. The summed E-state index contributed by atoms with van der Waals surface area (Å²) < 4.78 is 14.7. The van der Waals surface area contributed by atoms with Gasteiger partial charge in [-0.1, -0.05) is 18.5 Å². The molecule has 2 rings (SSSR count). The molecule has 1 aromatic heterocycles. The van der Waals surface area contributed by atoms with E-state index in [0.29, 0.717) is 23.6 Å². The zero-order chi connectivity index (χ0) is 22.6. The molecule has 1 aromatic carbocycles. The lowest BCUT2D eigenvalue weighted by Gasteiger charge is -2.07.